The summed E-state index contributed by atoms with van der Waals surface area (Å²) in [7, 11) is 1.63. The van der Waals surface area contributed by atoms with Gasteiger partial charge in [0.05, 0.1) is 11.6 Å². The van der Waals surface area contributed by atoms with Crippen LogP contribution in [0.4, 0.5) is 5.69 Å². The molecule has 0 fully saturated rings. The Morgan fingerprint density at radius 2 is 1.90 bits per heavy atom. The highest BCUT2D eigenvalue weighted by Crippen LogP contribution is 2.28. The van der Waals surface area contributed by atoms with Crippen LogP contribution in [-0.4, -0.2) is 18.8 Å². The van der Waals surface area contributed by atoms with Crippen molar-refractivity contribution in [3.63, 3.8) is 0 Å². The minimum Gasteiger partial charge on any atom is -0.496 e. The first kappa shape index (κ1) is 14.9. The summed E-state index contributed by atoms with van der Waals surface area (Å²) >= 11 is 3.45. The van der Waals surface area contributed by atoms with Gasteiger partial charge in [-0.3, -0.25) is 0 Å². The van der Waals surface area contributed by atoms with Crippen molar-refractivity contribution in [3.8, 4) is 5.75 Å². The van der Waals surface area contributed by atoms with E-state index < -0.39 is 5.60 Å². The van der Waals surface area contributed by atoms with E-state index in [2.05, 4.69) is 21.2 Å². The average Bonchev–Trinajstić information content (AvgIpc) is 2.46. The van der Waals surface area contributed by atoms with Crippen molar-refractivity contribution < 1.29 is 9.84 Å². The Balaban J connectivity index is 2.06. The first-order valence-corrected chi connectivity index (χ1v) is 7.17. The molecule has 20 heavy (non-hydrogen) atoms. The largest absolute Gasteiger partial charge is 0.496 e. The van der Waals surface area contributed by atoms with Crippen LogP contribution < -0.4 is 10.1 Å². The van der Waals surface area contributed by atoms with E-state index in [1.54, 1.807) is 14.0 Å². The number of rotatable bonds is 5. The van der Waals surface area contributed by atoms with Crippen molar-refractivity contribution in [2.24, 2.45) is 0 Å². The van der Waals surface area contributed by atoms with Crippen molar-refractivity contribution in [2.45, 2.75) is 12.5 Å². The van der Waals surface area contributed by atoms with Gasteiger partial charge < -0.3 is 15.2 Å². The maximum absolute atomic E-state index is 10.5. The lowest BCUT2D eigenvalue weighted by Crippen LogP contribution is -2.30. The van der Waals surface area contributed by atoms with Gasteiger partial charge in [-0.25, -0.2) is 0 Å². The van der Waals surface area contributed by atoms with Crippen molar-refractivity contribution in [2.75, 3.05) is 19.0 Å². The predicted molar refractivity (Wildman–Crippen MR) is 85.2 cm³/mol. The normalized spacial score (nSPS) is 13.6. The van der Waals surface area contributed by atoms with Gasteiger partial charge in [0.25, 0.3) is 0 Å². The first-order chi connectivity index (χ1) is 9.53. The number of methoxy groups -OCH3 is 1. The lowest BCUT2D eigenvalue weighted by Gasteiger charge is -2.25. The standard InChI is InChI=1S/C16H18BrNO2/c1-16(19,12-6-4-3-5-7-12)11-18-13-8-9-15(20-2)14(17)10-13/h3-10,18-19H,11H2,1-2H3. The third kappa shape index (κ3) is 3.52. The summed E-state index contributed by atoms with van der Waals surface area (Å²) < 4.78 is 6.07. The molecule has 1 atom stereocenters. The lowest BCUT2D eigenvalue weighted by atomic mass is 9.96. The van der Waals surface area contributed by atoms with Crippen LogP contribution in [0.1, 0.15) is 12.5 Å². The molecule has 0 bridgehead atoms. The van der Waals surface area contributed by atoms with E-state index in [-0.39, 0.29) is 0 Å². The molecular weight excluding hydrogens is 318 g/mol. The van der Waals surface area contributed by atoms with E-state index in [4.69, 9.17) is 4.74 Å². The van der Waals surface area contributed by atoms with E-state index in [1.165, 1.54) is 0 Å². The van der Waals surface area contributed by atoms with Gasteiger partial charge in [0.15, 0.2) is 0 Å². The molecule has 0 saturated carbocycles. The number of hydrogen-bond donors (Lipinski definition) is 2. The molecule has 0 aromatic heterocycles. The number of nitrogens with one attached hydrogen (secondary N) is 1. The maximum atomic E-state index is 10.5. The fourth-order valence-electron chi connectivity index (χ4n) is 1.95. The number of ether oxygens (including phenoxy) is 1. The zero-order chi connectivity index (χ0) is 14.6. The zero-order valence-electron chi connectivity index (χ0n) is 11.6. The second kappa shape index (κ2) is 6.29. The second-order valence-electron chi connectivity index (χ2n) is 4.84. The Hall–Kier alpha value is -1.52. The Kier molecular flexibility index (Phi) is 4.68. The molecule has 0 amide bonds. The minimum atomic E-state index is -0.923. The molecule has 2 rings (SSSR count). The number of anilines is 1. The van der Waals surface area contributed by atoms with E-state index in [1.807, 2.05) is 48.5 Å². The van der Waals surface area contributed by atoms with Crippen LogP contribution in [-0.2, 0) is 5.60 Å². The molecule has 3 nitrogen and oxygen atoms in total. The molecule has 0 radical (unpaired) electrons. The van der Waals surface area contributed by atoms with Gasteiger partial charge in [-0.15, -0.1) is 0 Å². The van der Waals surface area contributed by atoms with Crippen LogP contribution >= 0.6 is 15.9 Å². The monoisotopic (exact) mass is 335 g/mol. The summed E-state index contributed by atoms with van der Waals surface area (Å²) in [4.78, 5) is 0. The van der Waals surface area contributed by atoms with Gasteiger partial charge in [0.2, 0.25) is 0 Å². The summed E-state index contributed by atoms with van der Waals surface area (Å²) in [5.74, 6) is 0.783. The lowest BCUT2D eigenvalue weighted by molar-refractivity contribution is 0.0715. The van der Waals surface area contributed by atoms with E-state index >= 15 is 0 Å². The van der Waals surface area contributed by atoms with E-state index in [0.717, 1.165) is 21.5 Å². The SMILES string of the molecule is COc1ccc(NCC(C)(O)c2ccccc2)cc1Br. The summed E-state index contributed by atoms with van der Waals surface area (Å²) in [5.41, 5.74) is 0.891. The number of hydrogen-bond acceptors (Lipinski definition) is 3. The molecule has 106 valence electrons. The van der Waals surface area contributed by atoms with Crippen LogP contribution in [0.15, 0.2) is 53.0 Å². The highest BCUT2D eigenvalue weighted by atomic mass is 79.9. The Morgan fingerprint density at radius 3 is 2.50 bits per heavy atom. The fourth-order valence-corrected chi connectivity index (χ4v) is 2.49. The van der Waals surface area contributed by atoms with Gasteiger partial charge in [-0.1, -0.05) is 30.3 Å². The number of halogens is 1. The third-order valence-corrected chi connectivity index (χ3v) is 3.80. The van der Waals surface area contributed by atoms with Gasteiger partial charge in [-0.2, -0.15) is 0 Å². The Morgan fingerprint density at radius 1 is 1.20 bits per heavy atom. The smallest absolute Gasteiger partial charge is 0.133 e. The van der Waals surface area contributed by atoms with Crippen molar-refractivity contribution in [3.05, 3.63) is 58.6 Å². The third-order valence-electron chi connectivity index (χ3n) is 3.18. The van der Waals surface area contributed by atoms with Gasteiger partial charge in [0.1, 0.15) is 11.4 Å². The first-order valence-electron chi connectivity index (χ1n) is 6.38. The summed E-state index contributed by atoms with van der Waals surface area (Å²) in [6.45, 7) is 2.23. The molecule has 2 aromatic rings. The molecule has 1 unspecified atom stereocenters. The van der Waals surface area contributed by atoms with Crippen molar-refractivity contribution >= 4 is 21.6 Å². The van der Waals surface area contributed by atoms with Gasteiger partial charge >= 0.3 is 0 Å². The van der Waals surface area contributed by atoms with Crippen LogP contribution in [0, 0.1) is 0 Å². The van der Waals surface area contributed by atoms with Crippen LogP contribution in [0.25, 0.3) is 0 Å². The molecule has 0 aliphatic heterocycles. The topological polar surface area (TPSA) is 41.5 Å². The van der Waals surface area contributed by atoms with Crippen LogP contribution in [0.2, 0.25) is 0 Å². The summed E-state index contributed by atoms with van der Waals surface area (Å²) in [6.07, 6.45) is 0. The molecule has 0 spiro atoms. The van der Waals surface area contributed by atoms with Crippen molar-refractivity contribution in [1.29, 1.82) is 0 Å². The molecule has 2 N–H and O–H groups in total. The summed E-state index contributed by atoms with van der Waals surface area (Å²) in [5, 5.41) is 13.8. The quantitative estimate of drug-likeness (QED) is 0.873. The number of benzene rings is 2. The summed E-state index contributed by atoms with van der Waals surface area (Å²) in [6, 6.07) is 15.4. The molecule has 0 aliphatic carbocycles. The van der Waals surface area contributed by atoms with Crippen LogP contribution in [0.3, 0.4) is 0 Å². The highest BCUT2D eigenvalue weighted by molar-refractivity contribution is 9.10. The Bertz CT molecular complexity index is 570. The minimum absolute atomic E-state index is 0.426. The van der Waals surface area contributed by atoms with Crippen LogP contribution in [0.5, 0.6) is 5.75 Å². The highest BCUT2D eigenvalue weighted by Gasteiger charge is 2.22. The van der Waals surface area contributed by atoms with Gasteiger partial charge in [-0.05, 0) is 46.6 Å². The molecule has 2 aromatic carbocycles. The molecular formula is C16H18BrNO2. The molecule has 4 heteroatoms. The Labute approximate surface area is 127 Å². The van der Waals surface area contributed by atoms with Crippen molar-refractivity contribution in [1.82, 2.24) is 0 Å². The van der Waals surface area contributed by atoms with E-state index in [9.17, 15) is 5.11 Å². The van der Waals surface area contributed by atoms with E-state index in [0.29, 0.717) is 6.54 Å². The molecule has 0 saturated heterocycles. The predicted octanol–water partition coefficient (Wildman–Crippen LogP) is 3.78. The van der Waals surface area contributed by atoms with Gasteiger partial charge in [0, 0.05) is 12.2 Å². The maximum Gasteiger partial charge on any atom is 0.133 e. The fraction of sp³-hybridized carbons (Fsp3) is 0.250. The molecule has 0 heterocycles. The number of aliphatic hydroxyl groups is 1. The zero-order valence-corrected chi connectivity index (χ0v) is 13.1. The second-order valence-corrected chi connectivity index (χ2v) is 5.70. The molecule has 0 aliphatic rings. The average molecular weight is 336 g/mol.